The van der Waals surface area contributed by atoms with Gasteiger partial charge >= 0.3 is 6.18 Å². The molecule has 2 bridgehead atoms. The maximum absolute atomic E-state index is 14.5. The molecule has 1 amide bonds. The van der Waals surface area contributed by atoms with E-state index in [0.717, 1.165) is 37.1 Å². The van der Waals surface area contributed by atoms with Crippen LogP contribution in [-0.4, -0.2) is 44.4 Å². The summed E-state index contributed by atoms with van der Waals surface area (Å²) in [6, 6.07) is 6.41. The number of aryl methyl sites for hydroxylation is 1. The molecule has 3 aliphatic rings. The first kappa shape index (κ1) is 23.2. The van der Waals surface area contributed by atoms with Crippen LogP contribution < -0.4 is 5.32 Å². The van der Waals surface area contributed by atoms with E-state index in [4.69, 9.17) is 0 Å². The Labute approximate surface area is 199 Å². The topological polar surface area (TPSA) is 71.0 Å². The Bertz CT molecular complexity index is 1250. The first-order valence-electron chi connectivity index (χ1n) is 11.4. The molecule has 1 N–H and O–H groups in total. The van der Waals surface area contributed by atoms with Gasteiger partial charge in [-0.05, 0) is 68.0 Å². The average Bonchev–Trinajstić information content (AvgIpc) is 2.84. The molecule has 2 aliphatic heterocycles. The first-order chi connectivity index (χ1) is 16.7. The van der Waals surface area contributed by atoms with E-state index >= 15 is 0 Å². The van der Waals surface area contributed by atoms with Crippen molar-refractivity contribution >= 4 is 11.7 Å². The summed E-state index contributed by atoms with van der Waals surface area (Å²) in [4.78, 5) is 27.9. The van der Waals surface area contributed by atoms with Crippen LogP contribution in [-0.2, 0) is 6.18 Å². The minimum atomic E-state index is -4.45. The predicted octanol–water partition coefficient (Wildman–Crippen LogP) is 5.11. The monoisotopic (exact) mass is 485 g/mol. The van der Waals surface area contributed by atoms with E-state index in [2.05, 4.69) is 20.3 Å². The number of hydrogen-bond donors (Lipinski definition) is 1. The quantitative estimate of drug-likeness (QED) is 0.520. The maximum Gasteiger partial charge on any atom is 0.417 e. The fourth-order valence-electron chi connectivity index (χ4n) is 5.06. The van der Waals surface area contributed by atoms with Crippen molar-refractivity contribution in [3.05, 3.63) is 71.6 Å². The normalized spacial score (nSPS) is 21.7. The number of fused-ring (bicyclic) bond motifs is 3. The Morgan fingerprint density at radius 3 is 2.63 bits per heavy atom. The van der Waals surface area contributed by atoms with Crippen LogP contribution in [0.4, 0.5) is 23.4 Å². The highest BCUT2D eigenvalue weighted by Gasteiger charge is 2.44. The number of rotatable bonds is 4. The van der Waals surface area contributed by atoms with Crippen molar-refractivity contribution in [2.45, 2.75) is 44.4 Å². The zero-order valence-corrected chi connectivity index (χ0v) is 18.9. The van der Waals surface area contributed by atoms with Crippen LogP contribution >= 0.6 is 0 Å². The van der Waals surface area contributed by atoms with E-state index in [1.165, 1.54) is 24.4 Å². The summed E-state index contributed by atoms with van der Waals surface area (Å²) < 4.78 is 53.2. The van der Waals surface area contributed by atoms with Gasteiger partial charge in [0.05, 0.1) is 11.6 Å². The number of pyridine rings is 3. The third-order valence-electron chi connectivity index (χ3n) is 6.70. The molecule has 6 nitrogen and oxygen atoms in total. The van der Waals surface area contributed by atoms with Gasteiger partial charge in [0.15, 0.2) is 0 Å². The summed E-state index contributed by atoms with van der Waals surface area (Å²) in [5.74, 6) is -0.294. The summed E-state index contributed by atoms with van der Waals surface area (Å²) in [6.45, 7) is 2.35. The third-order valence-corrected chi connectivity index (χ3v) is 6.70. The molecular weight excluding hydrogens is 462 g/mol. The van der Waals surface area contributed by atoms with Gasteiger partial charge in [0.2, 0.25) is 0 Å². The molecule has 3 aromatic heterocycles. The number of halogens is 4. The second-order valence-corrected chi connectivity index (χ2v) is 9.13. The molecule has 10 heteroatoms. The number of hydrogen-bond acceptors (Lipinski definition) is 5. The molecule has 35 heavy (non-hydrogen) atoms. The number of nitrogens with zero attached hydrogens (tertiary/aromatic N) is 4. The Morgan fingerprint density at radius 2 is 1.94 bits per heavy atom. The molecule has 0 radical (unpaired) electrons. The van der Waals surface area contributed by atoms with Gasteiger partial charge in [-0.15, -0.1) is 0 Å². The molecule has 0 spiro atoms. The van der Waals surface area contributed by atoms with Crippen LogP contribution in [0.1, 0.15) is 40.9 Å². The molecule has 1 aliphatic carbocycles. The Balaban J connectivity index is 1.41. The van der Waals surface area contributed by atoms with Crippen molar-refractivity contribution in [1.29, 1.82) is 0 Å². The average molecular weight is 485 g/mol. The first-order valence-corrected chi connectivity index (χ1v) is 11.4. The van der Waals surface area contributed by atoms with E-state index in [1.54, 1.807) is 17.2 Å². The van der Waals surface area contributed by atoms with Gasteiger partial charge in [0.1, 0.15) is 23.0 Å². The minimum Gasteiger partial charge on any atom is -0.365 e. The van der Waals surface area contributed by atoms with E-state index in [0.29, 0.717) is 17.9 Å². The third kappa shape index (κ3) is 4.56. The molecular formula is C25H23F4N5O. The molecule has 1 unspecified atom stereocenters. The van der Waals surface area contributed by atoms with Crippen LogP contribution in [0, 0.1) is 18.7 Å². The summed E-state index contributed by atoms with van der Waals surface area (Å²) in [5, 5.41) is 3.23. The lowest BCUT2D eigenvalue weighted by Crippen LogP contribution is -2.60. The van der Waals surface area contributed by atoms with E-state index in [-0.39, 0.29) is 35.3 Å². The van der Waals surface area contributed by atoms with E-state index in [1.807, 2.05) is 6.92 Å². The van der Waals surface area contributed by atoms with Crippen molar-refractivity contribution in [2.24, 2.45) is 5.92 Å². The van der Waals surface area contributed by atoms with Crippen molar-refractivity contribution in [2.75, 3.05) is 11.9 Å². The highest BCUT2D eigenvalue weighted by atomic mass is 19.4. The number of amides is 1. The number of nitrogens with one attached hydrogen (secondary N) is 1. The molecule has 1 saturated carbocycles. The van der Waals surface area contributed by atoms with Crippen LogP contribution in [0.3, 0.4) is 0 Å². The molecule has 182 valence electrons. The molecule has 2 saturated heterocycles. The molecule has 6 rings (SSSR count). The maximum atomic E-state index is 14.5. The lowest BCUT2D eigenvalue weighted by Gasteiger charge is -2.50. The molecule has 3 fully saturated rings. The van der Waals surface area contributed by atoms with Gasteiger partial charge in [-0.25, -0.2) is 9.37 Å². The minimum absolute atomic E-state index is 0.0675. The summed E-state index contributed by atoms with van der Waals surface area (Å²) in [5.41, 5.74) is 0.493. The second-order valence-electron chi connectivity index (χ2n) is 9.13. The van der Waals surface area contributed by atoms with Crippen molar-refractivity contribution in [3.63, 3.8) is 0 Å². The van der Waals surface area contributed by atoms with Gasteiger partial charge in [-0.1, -0.05) is 0 Å². The van der Waals surface area contributed by atoms with Crippen LogP contribution in [0.15, 0.2) is 48.9 Å². The zero-order valence-electron chi connectivity index (χ0n) is 18.9. The van der Waals surface area contributed by atoms with Gasteiger partial charge < -0.3 is 10.2 Å². The summed E-state index contributed by atoms with van der Waals surface area (Å²) in [7, 11) is 0. The summed E-state index contributed by atoms with van der Waals surface area (Å²) in [6.07, 6.45) is 1.86. The Hall–Kier alpha value is -3.56. The summed E-state index contributed by atoms with van der Waals surface area (Å²) >= 11 is 0. The zero-order chi connectivity index (χ0) is 24.7. The van der Waals surface area contributed by atoms with E-state index in [9.17, 15) is 22.4 Å². The number of carbonyl (C=O) groups excluding carboxylic acids is 1. The number of carbonyl (C=O) groups is 1. The lowest BCUT2D eigenvalue weighted by atomic mass is 9.76. The van der Waals surface area contributed by atoms with Crippen molar-refractivity contribution in [1.82, 2.24) is 19.9 Å². The number of alkyl halides is 3. The highest BCUT2D eigenvalue weighted by molar-refractivity contribution is 5.99. The second kappa shape index (κ2) is 8.90. The molecule has 5 heterocycles. The van der Waals surface area contributed by atoms with Crippen molar-refractivity contribution < 1.29 is 22.4 Å². The van der Waals surface area contributed by atoms with Crippen LogP contribution in [0.25, 0.3) is 11.3 Å². The predicted molar refractivity (Wildman–Crippen MR) is 121 cm³/mol. The Kier molecular flexibility index (Phi) is 5.90. The molecule has 0 aromatic carbocycles. The van der Waals surface area contributed by atoms with Crippen LogP contribution in [0.2, 0.25) is 0 Å². The highest BCUT2D eigenvalue weighted by Crippen LogP contribution is 2.38. The van der Waals surface area contributed by atoms with Gasteiger partial charge in [0.25, 0.3) is 5.91 Å². The Morgan fingerprint density at radius 1 is 1.11 bits per heavy atom. The largest absolute Gasteiger partial charge is 0.417 e. The number of piperidine rings is 2. The SMILES string of the molecule is Cc1cnc(C(=O)N2CC3CC[C@H]2[C@H](Nc2ccc(C(F)(F)F)cn2)C3)c(-c2ncccc2F)c1. The molecule has 3 atom stereocenters. The molecule has 3 aromatic rings. The fraction of sp³-hybridized carbons (Fsp3) is 0.360. The van der Waals surface area contributed by atoms with Crippen LogP contribution in [0.5, 0.6) is 0 Å². The standard InChI is InChI=1S/C25H23F4N5O/c1-14-9-17(22-18(26)3-2-8-30-22)23(32-11-14)24(35)34-13-15-4-6-20(34)19(10-15)33-21-7-5-16(12-31-21)25(27,28)29/h2-3,5,7-9,11-12,15,19-20H,4,6,10,13H2,1H3,(H,31,33)/t15?,19-,20+/m1/s1. The number of aromatic nitrogens is 3. The van der Waals surface area contributed by atoms with Gasteiger partial charge in [0, 0.05) is 36.7 Å². The number of anilines is 1. The van der Waals surface area contributed by atoms with Gasteiger partial charge in [-0.3, -0.25) is 14.8 Å². The van der Waals surface area contributed by atoms with Gasteiger partial charge in [-0.2, -0.15) is 13.2 Å². The van der Waals surface area contributed by atoms with E-state index < -0.39 is 17.6 Å². The smallest absolute Gasteiger partial charge is 0.365 e. The van der Waals surface area contributed by atoms with Crippen molar-refractivity contribution in [3.8, 4) is 11.3 Å². The fourth-order valence-corrected chi connectivity index (χ4v) is 5.06. The lowest BCUT2D eigenvalue weighted by molar-refractivity contribution is -0.137.